The number of hydrogen-bond acceptors (Lipinski definition) is 4. The molecule has 0 aromatic heterocycles. The van der Waals surface area contributed by atoms with E-state index in [2.05, 4.69) is 15.9 Å². The molecule has 0 fully saturated rings. The summed E-state index contributed by atoms with van der Waals surface area (Å²) < 4.78 is 5.66. The third-order valence-electron chi connectivity index (χ3n) is 5.02. The second-order valence-corrected chi connectivity index (χ2v) is 7.74. The van der Waals surface area contributed by atoms with Gasteiger partial charge in [0.05, 0.1) is 17.3 Å². The fourth-order valence-electron chi connectivity index (χ4n) is 3.52. The van der Waals surface area contributed by atoms with Crippen LogP contribution in [0.3, 0.4) is 0 Å². The lowest BCUT2D eigenvalue weighted by molar-refractivity contribution is -0.112. The van der Waals surface area contributed by atoms with Gasteiger partial charge in [0.1, 0.15) is 0 Å². The average Bonchev–Trinajstić information content (AvgIpc) is 2.75. The largest absolute Gasteiger partial charge is 0.503 e. The Morgan fingerprint density at radius 2 is 1.63 bits per heavy atom. The predicted molar refractivity (Wildman–Crippen MR) is 120 cm³/mol. The highest BCUT2D eigenvalue weighted by Crippen LogP contribution is 2.38. The quantitative estimate of drug-likeness (QED) is 0.428. The van der Waals surface area contributed by atoms with Crippen molar-refractivity contribution in [1.82, 2.24) is 0 Å². The molecule has 0 saturated carbocycles. The fraction of sp³-hybridized carbons (Fsp3) is 0.0833. The lowest BCUT2D eigenvalue weighted by Gasteiger charge is -2.29. The van der Waals surface area contributed by atoms with Gasteiger partial charge in [-0.15, -0.1) is 0 Å². The molecule has 1 heterocycles. The van der Waals surface area contributed by atoms with Crippen molar-refractivity contribution in [2.45, 2.75) is 6.92 Å². The number of phenolic OH excluding ortho intramolecular Hbond substituents is 1. The molecule has 3 aromatic rings. The van der Waals surface area contributed by atoms with Crippen LogP contribution in [0.4, 0.5) is 5.69 Å². The molecule has 5 nitrogen and oxygen atoms in total. The van der Waals surface area contributed by atoms with E-state index in [4.69, 9.17) is 4.74 Å². The number of phenols is 1. The van der Waals surface area contributed by atoms with Crippen molar-refractivity contribution in [2.75, 3.05) is 12.0 Å². The van der Waals surface area contributed by atoms with E-state index in [9.17, 15) is 14.7 Å². The van der Waals surface area contributed by atoms with Gasteiger partial charge in [-0.25, -0.2) is 4.90 Å². The number of carbonyl (C=O) groups is 2. The van der Waals surface area contributed by atoms with Gasteiger partial charge in [0.25, 0.3) is 11.8 Å². The number of aromatic hydroxyl groups is 1. The molecule has 1 N–H and O–H groups in total. The van der Waals surface area contributed by atoms with E-state index in [0.29, 0.717) is 32.4 Å². The molecule has 0 saturated heterocycles. The van der Waals surface area contributed by atoms with Crippen LogP contribution >= 0.6 is 15.9 Å². The first-order valence-corrected chi connectivity index (χ1v) is 10.0. The van der Waals surface area contributed by atoms with Crippen molar-refractivity contribution >= 4 is 45.1 Å². The first-order chi connectivity index (χ1) is 14.4. The van der Waals surface area contributed by atoms with E-state index in [1.165, 1.54) is 12.0 Å². The molecule has 2 amide bonds. The Balaban J connectivity index is 1.93. The first-order valence-electron chi connectivity index (χ1n) is 9.24. The molecule has 4 rings (SSSR count). The molecule has 150 valence electrons. The molecule has 3 aromatic carbocycles. The molecule has 1 aliphatic heterocycles. The zero-order valence-corrected chi connectivity index (χ0v) is 17.9. The minimum absolute atomic E-state index is 0.0215. The SMILES string of the molecule is COc1cc(/C=C2/C(=O)N(c3ccccc3C)C(=O)c3ccccc32)cc(Br)c1O. The standard InChI is InChI=1S/C24H18BrNO4/c1-14-7-3-6-10-20(14)26-23(28)17-9-5-4-8-16(17)18(24(26)29)11-15-12-19(25)22(27)21(13-15)30-2/h3-13,27H,1-2H3/b18-11+. The van der Waals surface area contributed by atoms with Gasteiger partial charge in [-0.05, 0) is 69.9 Å². The Morgan fingerprint density at radius 3 is 2.33 bits per heavy atom. The number of methoxy groups -OCH3 is 1. The molecule has 0 unspecified atom stereocenters. The Hall–Kier alpha value is -3.38. The van der Waals surface area contributed by atoms with Gasteiger partial charge in [0, 0.05) is 11.1 Å². The molecule has 0 spiro atoms. The van der Waals surface area contributed by atoms with Crippen LogP contribution in [0.15, 0.2) is 65.1 Å². The van der Waals surface area contributed by atoms with Crippen LogP contribution in [0.2, 0.25) is 0 Å². The number of anilines is 1. The molecule has 0 aliphatic carbocycles. The smallest absolute Gasteiger partial charge is 0.265 e. The minimum atomic E-state index is -0.406. The van der Waals surface area contributed by atoms with Gasteiger partial charge in [0.2, 0.25) is 0 Å². The lowest BCUT2D eigenvalue weighted by Crippen LogP contribution is -2.42. The monoisotopic (exact) mass is 463 g/mol. The van der Waals surface area contributed by atoms with Crippen LogP contribution in [0.25, 0.3) is 11.6 Å². The van der Waals surface area contributed by atoms with Crippen LogP contribution in [0.5, 0.6) is 11.5 Å². The number of fused-ring (bicyclic) bond motifs is 1. The number of benzene rings is 3. The van der Waals surface area contributed by atoms with Crippen molar-refractivity contribution in [1.29, 1.82) is 0 Å². The number of halogens is 1. The Kier molecular flexibility index (Phi) is 5.18. The molecular formula is C24H18BrNO4. The number of hydrogen-bond donors (Lipinski definition) is 1. The van der Waals surface area contributed by atoms with Crippen LogP contribution in [0.1, 0.15) is 27.0 Å². The zero-order chi connectivity index (χ0) is 21.4. The Labute approximate surface area is 182 Å². The van der Waals surface area contributed by atoms with Crippen LogP contribution in [0, 0.1) is 6.92 Å². The van der Waals surface area contributed by atoms with Crippen LogP contribution in [-0.4, -0.2) is 24.0 Å². The second-order valence-electron chi connectivity index (χ2n) is 6.89. The summed E-state index contributed by atoms with van der Waals surface area (Å²) in [5.74, 6) is -0.506. The van der Waals surface area contributed by atoms with Crippen molar-refractivity contribution in [3.63, 3.8) is 0 Å². The van der Waals surface area contributed by atoms with Crippen molar-refractivity contribution in [2.24, 2.45) is 0 Å². The molecule has 30 heavy (non-hydrogen) atoms. The maximum Gasteiger partial charge on any atom is 0.265 e. The highest BCUT2D eigenvalue weighted by molar-refractivity contribution is 9.10. The molecule has 6 heteroatoms. The molecule has 0 atom stereocenters. The summed E-state index contributed by atoms with van der Waals surface area (Å²) in [4.78, 5) is 27.9. The Bertz CT molecular complexity index is 1220. The third-order valence-corrected chi connectivity index (χ3v) is 5.63. The number of nitrogens with zero attached hydrogens (tertiary/aromatic N) is 1. The van der Waals surface area contributed by atoms with Crippen molar-refractivity contribution in [3.8, 4) is 11.5 Å². The number of aryl methyl sites for hydroxylation is 1. The van der Waals surface area contributed by atoms with E-state index < -0.39 is 5.91 Å². The second kappa shape index (κ2) is 7.80. The number of carbonyl (C=O) groups excluding carboxylic acids is 2. The lowest BCUT2D eigenvalue weighted by atomic mass is 9.91. The summed E-state index contributed by atoms with van der Waals surface area (Å²) in [6, 6.07) is 17.7. The van der Waals surface area contributed by atoms with Crippen LogP contribution < -0.4 is 9.64 Å². The highest BCUT2D eigenvalue weighted by atomic mass is 79.9. The molecule has 0 radical (unpaired) electrons. The maximum absolute atomic E-state index is 13.5. The summed E-state index contributed by atoms with van der Waals surface area (Å²) >= 11 is 3.31. The average molecular weight is 464 g/mol. The fourth-order valence-corrected chi connectivity index (χ4v) is 3.98. The van der Waals surface area contributed by atoms with Gasteiger partial charge in [0.15, 0.2) is 11.5 Å². The topological polar surface area (TPSA) is 66.8 Å². The van der Waals surface area contributed by atoms with Gasteiger partial charge in [-0.2, -0.15) is 0 Å². The van der Waals surface area contributed by atoms with E-state index >= 15 is 0 Å². The third kappa shape index (κ3) is 3.29. The van der Waals surface area contributed by atoms with Crippen LogP contribution in [-0.2, 0) is 4.79 Å². The van der Waals surface area contributed by atoms with Gasteiger partial charge >= 0.3 is 0 Å². The van der Waals surface area contributed by atoms with Gasteiger partial charge in [-0.3, -0.25) is 9.59 Å². The predicted octanol–water partition coefficient (Wildman–Crippen LogP) is 5.20. The van der Waals surface area contributed by atoms with Crippen molar-refractivity contribution in [3.05, 3.63) is 87.4 Å². The highest BCUT2D eigenvalue weighted by Gasteiger charge is 2.36. The molecule has 1 aliphatic rings. The normalized spacial score (nSPS) is 14.8. The van der Waals surface area contributed by atoms with E-state index in [1.807, 2.05) is 19.1 Å². The summed E-state index contributed by atoms with van der Waals surface area (Å²) in [5, 5.41) is 10.1. The minimum Gasteiger partial charge on any atom is -0.503 e. The van der Waals surface area contributed by atoms with E-state index in [1.54, 1.807) is 54.6 Å². The summed E-state index contributed by atoms with van der Waals surface area (Å²) in [5.41, 5.74) is 3.43. The molecular weight excluding hydrogens is 446 g/mol. The van der Waals surface area contributed by atoms with E-state index in [-0.39, 0.29) is 17.4 Å². The number of ether oxygens (including phenoxy) is 1. The summed E-state index contributed by atoms with van der Waals surface area (Å²) in [7, 11) is 1.46. The zero-order valence-electron chi connectivity index (χ0n) is 16.3. The van der Waals surface area contributed by atoms with Crippen molar-refractivity contribution < 1.29 is 19.4 Å². The van der Waals surface area contributed by atoms with Gasteiger partial charge in [-0.1, -0.05) is 36.4 Å². The first kappa shape index (κ1) is 19.9. The number of imide groups is 1. The number of para-hydroxylation sites is 1. The summed E-state index contributed by atoms with van der Waals surface area (Å²) in [6.45, 7) is 1.86. The molecule has 0 bridgehead atoms. The van der Waals surface area contributed by atoms with E-state index in [0.717, 1.165) is 5.56 Å². The number of rotatable bonds is 3. The van der Waals surface area contributed by atoms with Gasteiger partial charge < -0.3 is 9.84 Å². The maximum atomic E-state index is 13.5. The summed E-state index contributed by atoms with van der Waals surface area (Å²) in [6.07, 6.45) is 1.70. The Morgan fingerprint density at radius 1 is 0.967 bits per heavy atom. The number of amides is 2.